The molecule has 0 aromatic heterocycles. The van der Waals surface area contributed by atoms with Crippen LogP contribution >= 0.6 is 0 Å². The Balaban J connectivity index is 2.03. The molecule has 0 bridgehead atoms. The molecule has 2 atom stereocenters. The molecule has 0 aromatic rings. The van der Waals surface area contributed by atoms with Gasteiger partial charge in [0.1, 0.15) is 0 Å². The lowest BCUT2D eigenvalue weighted by molar-refractivity contribution is -0.0773. The van der Waals surface area contributed by atoms with Gasteiger partial charge >= 0.3 is 0 Å². The lowest BCUT2D eigenvalue weighted by atomic mass is 9.82. The van der Waals surface area contributed by atoms with E-state index in [-0.39, 0.29) is 6.04 Å². The molecule has 0 aliphatic heterocycles. The average molecular weight is 259 g/mol. The molecule has 108 valence electrons. The molecule has 4 heteroatoms. The van der Waals surface area contributed by atoms with Crippen molar-refractivity contribution in [2.75, 3.05) is 6.61 Å². The van der Waals surface area contributed by atoms with E-state index in [9.17, 15) is 0 Å². The molecular formula is C14H29NO3. The largest absolute Gasteiger partial charge is 0.396 e. The smallest absolute Gasteiger partial charge is 0.211 e. The highest BCUT2D eigenvalue weighted by molar-refractivity contribution is 4.77. The van der Waals surface area contributed by atoms with E-state index in [0.29, 0.717) is 6.61 Å². The van der Waals surface area contributed by atoms with Gasteiger partial charge in [0.2, 0.25) is 6.41 Å². The van der Waals surface area contributed by atoms with Crippen molar-refractivity contribution in [1.82, 2.24) is 5.32 Å². The van der Waals surface area contributed by atoms with Crippen molar-refractivity contribution in [3.63, 3.8) is 0 Å². The molecule has 4 N–H and O–H groups in total. The van der Waals surface area contributed by atoms with Crippen LogP contribution in [0.15, 0.2) is 0 Å². The fourth-order valence-electron chi connectivity index (χ4n) is 2.99. The van der Waals surface area contributed by atoms with Crippen LogP contribution in [0.4, 0.5) is 0 Å². The zero-order chi connectivity index (χ0) is 13.2. The molecular weight excluding hydrogens is 230 g/mol. The molecule has 0 heterocycles. The summed E-state index contributed by atoms with van der Waals surface area (Å²) in [5, 5.41) is 29.3. The summed E-state index contributed by atoms with van der Waals surface area (Å²) < 4.78 is 0. The van der Waals surface area contributed by atoms with Crippen LogP contribution in [-0.2, 0) is 0 Å². The third-order valence-corrected chi connectivity index (χ3v) is 3.94. The topological polar surface area (TPSA) is 72.7 Å². The van der Waals surface area contributed by atoms with Crippen LogP contribution in [-0.4, -0.2) is 34.4 Å². The maximum absolute atomic E-state index is 8.91. The van der Waals surface area contributed by atoms with Gasteiger partial charge in [0, 0.05) is 12.6 Å². The molecule has 2 unspecified atom stereocenters. The monoisotopic (exact) mass is 259 g/mol. The summed E-state index contributed by atoms with van der Waals surface area (Å²) in [5.41, 5.74) is 0. The standard InChI is InChI=1S/C14H29NO3/c16-10-5-3-1-2-4-7-12-8-6-9-13(11-12)15-14(17)18/h12-18H,1-11H2. The Morgan fingerprint density at radius 2 is 1.72 bits per heavy atom. The first-order valence-corrected chi connectivity index (χ1v) is 7.45. The molecule has 1 aliphatic carbocycles. The van der Waals surface area contributed by atoms with E-state index in [1.54, 1.807) is 0 Å². The summed E-state index contributed by atoms with van der Waals surface area (Å²) in [4.78, 5) is 0. The Hall–Kier alpha value is -0.160. The first kappa shape index (κ1) is 15.9. The van der Waals surface area contributed by atoms with Gasteiger partial charge in [-0.2, -0.15) is 0 Å². The minimum atomic E-state index is -1.37. The van der Waals surface area contributed by atoms with E-state index < -0.39 is 6.41 Å². The second-order valence-electron chi connectivity index (χ2n) is 5.55. The predicted octanol–water partition coefficient (Wildman–Crippen LogP) is 1.74. The zero-order valence-electron chi connectivity index (χ0n) is 11.4. The lowest BCUT2D eigenvalue weighted by Gasteiger charge is -2.30. The van der Waals surface area contributed by atoms with E-state index in [2.05, 4.69) is 5.32 Å². The summed E-state index contributed by atoms with van der Waals surface area (Å²) in [6.45, 7) is 0.319. The molecule has 0 aromatic carbocycles. The molecule has 18 heavy (non-hydrogen) atoms. The van der Waals surface area contributed by atoms with E-state index in [4.69, 9.17) is 15.3 Å². The van der Waals surface area contributed by atoms with Gasteiger partial charge < -0.3 is 15.3 Å². The molecule has 1 saturated carbocycles. The van der Waals surface area contributed by atoms with Gasteiger partial charge in [-0.3, -0.25) is 5.32 Å². The van der Waals surface area contributed by atoms with Crippen LogP contribution < -0.4 is 5.32 Å². The van der Waals surface area contributed by atoms with Crippen molar-refractivity contribution < 1.29 is 15.3 Å². The fourth-order valence-corrected chi connectivity index (χ4v) is 2.99. The van der Waals surface area contributed by atoms with Crippen LogP contribution in [0.5, 0.6) is 0 Å². The van der Waals surface area contributed by atoms with E-state index in [1.165, 1.54) is 38.5 Å². The van der Waals surface area contributed by atoms with Gasteiger partial charge in [0.15, 0.2) is 0 Å². The number of hydrogen-bond donors (Lipinski definition) is 4. The molecule has 1 aliphatic rings. The number of nitrogens with one attached hydrogen (secondary N) is 1. The Labute approximate surface area is 110 Å². The zero-order valence-corrected chi connectivity index (χ0v) is 11.4. The van der Waals surface area contributed by atoms with Crippen LogP contribution in [0.25, 0.3) is 0 Å². The van der Waals surface area contributed by atoms with Gasteiger partial charge in [-0.1, -0.05) is 44.9 Å². The second-order valence-corrected chi connectivity index (χ2v) is 5.55. The quantitative estimate of drug-likeness (QED) is 0.376. The third kappa shape index (κ3) is 7.31. The van der Waals surface area contributed by atoms with Crippen molar-refractivity contribution in [2.24, 2.45) is 5.92 Å². The van der Waals surface area contributed by atoms with Gasteiger partial charge in [0.05, 0.1) is 0 Å². The normalized spacial score (nSPS) is 24.7. The van der Waals surface area contributed by atoms with Gasteiger partial charge in [-0.05, 0) is 25.2 Å². The molecule has 0 radical (unpaired) electrons. The number of unbranched alkanes of at least 4 members (excludes halogenated alkanes) is 4. The second kappa shape index (κ2) is 9.73. The summed E-state index contributed by atoms with van der Waals surface area (Å²) in [5.74, 6) is 0.743. The molecule has 0 saturated heterocycles. The molecule has 0 spiro atoms. The van der Waals surface area contributed by atoms with Gasteiger partial charge in [-0.15, -0.1) is 0 Å². The summed E-state index contributed by atoms with van der Waals surface area (Å²) in [7, 11) is 0. The van der Waals surface area contributed by atoms with E-state index >= 15 is 0 Å². The van der Waals surface area contributed by atoms with E-state index in [0.717, 1.165) is 31.6 Å². The van der Waals surface area contributed by atoms with E-state index in [1.807, 2.05) is 0 Å². The van der Waals surface area contributed by atoms with Crippen molar-refractivity contribution in [2.45, 2.75) is 76.7 Å². The maximum Gasteiger partial charge on any atom is 0.211 e. The highest BCUT2D eigenvalue weighted by Crippen LogP contribution is 2.28. The average Bonchev–Trinajstić information content (AvgIpc) is 2.33. The Morgan fingerprint density at radius 1 is 1.00 bits per heavy atom. The summed E-state index contributed by atoms with van der Waals surface area (Å²) >= 11 is 0. The Bertz CT molecular complexity index is 199. The highest BCUT2D eigenvalue weighted by atomic mass is 16.5. The maximum atomic E-state index is 8.91. The fraction of sp³-hybridized carbons (Fsp3) is 1.00. The Kier molecular flexibility index (Phi) is 8.59. The molecule has 1 rings (SSSR count). The Morgan fingerprint density at radius 3 is 2.44 bits per heavy atom. The number of hydrogen-bond acceptors (Lipinski definition) is 4. The third-order valence-electron chi connectivity index (χ3n) is 3.94. The first-order valence-electron chi connectivity index (χ1n) is 7.45. The number of aliphatic hydroxyl groups excluding tert-OH is 2. The lowest BCUT2D eigenvalue weighted by Crippen LogP contribution is -2.40. The highest BCUT2D eigenvalue weighted by Gasteiger charge is 2.22. The van der Waals surface area contributed by atoms with Crippen molar-refractivity contribution in [3.05, 3.63) is 0 Å². The molecule has 4 nitrogen and oxygen atoms in total. The summed E-state index contributed by atoms with van der Waals surface area (Å²) in [6.07, 6.45) is 10.3. The molecule has 0 amide bonds. The van der Waals surface area contributed by atoms with Gasteiger partial charge in [-0.25, -0.2) is 0 Å². The number of rotatable bonds is 9. The van der Waals surface area contributed by atoms with Crippen LogP contribution in [0, 0.1) is 5.92 Å². The van der Waals surface area contributed by atoms with Gasteiger partial charge in [0.25, 0.3) is 0 Å². The minimum absolute atomic E-state index is 0.276. The minimum Gasteiger partial charge on any atom is -0.396 e. The van der Waals surface area contributed by atoms with Crippen molar-refractivity contribution >= 4 is 0 Å². The summed E-state index contributed by atoms with van der Waals surface area (Å²) in [6, 6.07) is 0.276. The van der Waals surface area contributed by atoms with Crippen LogP contribution in [0.3, 0.4) is 0 Å². The van der Waals surface area contributed by atoms with Crippen molar-refractivity contribution in [3.8, 4) is 0 Å². The van der Waals surface area contributed by atoms with Crippen molar-refractivity contribution in [1.29, 1.82) is 0 Å². The first-order chi connectivity index (χ1) is 8.72. The van der Waals surface area contributed by atoms with Crippen LogP contribution in [0.2, 0.25) is 0 Å². The SMILES string of the molecule is OCCCCCCCC1CCCC(NC(O)O)C1. The predicted molar refractivity (Wildman–Crippen MR) is 71.9 cm³/mol. The van der Waals surface area contributed by atoms with Crippen LogP contribution in [0.1, 0.15) is 64.2 Å². The molecule has 1 fully saturated rings. The number of aliphatic hydroxyl groups is 3.